The largest absolute Gasteiger partial charge is 0.493 e. The summed E-state index contributed by atoms with van der Waals surface area (Å²) in [5.74, 6) is 0.689. The normalized spacial score (nSPS) is 12.2. The number of pyridine rings is 1. The molecule has 0 fully saturated rings. The molecule has 0 aliphatic heterocycles. The zero-order valence-electron chi connectivity index (χ0n) is 10.6. The third kappa shape index (κ3) is 4.20. The topological polar surface area (TPSA) is 63.6 Å². The Labute approximate surface area is 102 Å². The summed E-state index contributed by atoms with van der Waals surface area (Å²) in [7, 11) is 3.25. The molecule has 0 aromatic carbocycles. The van der Waals surface area contributed by atoms with Gasteiger partial charge in [0.15, 0.2) is 5.75 Å². The molecule has 96 valence electrons. The maximum absolute atomic E-state index is 8.98. The number of anilines is 1. The summed E-state index contributed by atoms with van der Waals surface area (Å²) in [5, 5.41) is 12.3. The van der Waals surface area contributed by atoms with E-state index in [2.05, 4.69) is 10.3 Å². The number of nitrogens with zero attached hydrogens (tertiary/aromatic N) is 1. The van der Waals surface area contributed by atoms with E-state index in [9.17, 15) is 0 Å². The minimum absolute atomic E-state index is 0.0562. The standard InChI is InChI=1S/C12H20N2O3/c1-9-6-11(12(17-3)7-13-9)14-10(4-5-15)8-16-2/h6-7,10,15H,4-5,8H2,1-3H3,(H,13,14). The van der Waals surface area contributed by atoms with E-state index in [-0.39, 0.29) is 12.6 Å². The van der Waals surface area contributed by atoms with Crippen molar-refractivity contribution >= 4 is 5.69 Å². The lowest BCUT2D eigenvalue weighted by Gasteiger charge is -2.20. The van der Waals surface area contributed by atoms with Crippen molar-refractivity contribution in [1.82, 2.24) is 4.98 Å². The Bertz CT molecular complexity index is 339. The van der Waals surface area contributed by atoms with E-state index in [1.165, 1.54) is 0 Å². The lowest BCUT2D eigenvalue weighted by Crippen LogP contribution is -2.26. The molecule has 0 saturated carbocycles. The zero-order valence-corrected chi connectivity index (χ0v) is 10.6. The molecule has 5 heteroatoms. The number of nitrogens with one attached hydrogen (secondary N) is 1. The smallest absolute Gasteiger partial charge is 0.160 e. The number of hydrogen-bond donors (Lipinski definition) is 2. The monoisotopic (exact) mass is 240 g/mol. The Morgan fingerprint density at radius 3 is 2.82 bits per heavy atom. The van der Waals surface area contributed by atoms with Gasteiger partial charge in [0.25, 0.3) is 0 Å². The average Bonchev–Trinajstić information content (AvgIpc) is 2.30. The predicted molar refractivity (Wildman–Crippen MR) is 66.5 cm³/mol. The molecule has 0 radical (unpaired) electrons. The van der Waals surface area contributed by atoms with Gasteiger partial charge in [-0.2, -0.15) is 0 Å². The molecule has 5 nitrogen and oxygen atoms in total. The van der Waals surface area contributed by atoms with Crippen LogP contribution in [-0.4, -0.2) is 43.6 Å². The first kappa shape index (κ1) is 13.7. The Balaban J connectivity index is 2.79. The van der Waals surface area contributed by atoms with Crippen LogP contribution in [0.25, 0.3) is 0 Å². The first-order chi connectivity index (χ1) is 8.21. The van der Waals surface area contributed by atoms with Crippen LogP contribution in [0.3, 0.4) is 0 Å². The van der Waals surface area contributed by atoms with Gasteiger partial charge in [0.05, 0.1) is 31.6 Å². The Morgan fingerprint density at radius 2 is 2.24 bits per heavy atom. The number of methoxy groups -OCH3 is 2. The van der Waals surface area contributed by atoms with E-state index >= 15 is 0 Å². The van der Waals surface area contributed by atoms with E-state index < -0.39 is 0 Å². The third-order valence-electron chi connectivity index (χ3n) is 2.43. The highest BCUT2D eigenvalue weighted by Crippen LogP contribution is 2.24. The van der Waals surface area contributed by atoms with Crippen molar-refractivity contribution in [3.05, 3.63) is 18.0 Å². The van der Waals surface area contributed by atoms with E-state index in [1.807, 2.05) is 13.0 Å². The van der Waals surface area contributed by atoms with Crippen molar-refractivity contribution in [2.45, 2.75) is 19.4 Å². The van der Waals surface area contributed by atoms with Crippen LogP contribution in [0, 0.1) is 6.92 Å². The molecule has 0 amide bonds. The van der Waals surface area contributed by atoms with Crippen molar-refractivity contribution in [3.63, 3.8) is 0 Å². The number of aryl methyl sites for hydroxylation is 1. The molecule has 0 aliphatic rings. The minimum atomic E-state index is 0.0562. The van der Waals surface area contributed by atoms with Gasteiger partial charge in [0.2, 0.25) is 0 Å². The van der Waals surface area contributed by atoms with Gasteiger partial charge in [-0.1, -0.05) is 0 Å². The van der Waals surface area contributed by atoms with Gasteiger partial charge < -0.3 is 19.9 Å². The van der Waals surface area contributed by atoms with Crippen LogP contribution in [0.15, 0.2) is 12.3 Å². The van der Waals surface area contributed by atoms with E-state index in [0.29, 0.717) is 18.8 Å². The summed E-state index contributed by atoms with van der Waals surface area (Å²) < 4.78 is 10.3. The second-order valence-electron chi connectivity index (χ2n) is 3.83. The molecule has 1 atom stereocenters. The van der Waals surface area contributed by atoms with Gasteiger partial charge in [-0.15, -0.1) is 0 Å². The second-order valence-corrected chi connectivity index (χ2v) is 3.83. The highest BCUT2D eigenvalue weighted by atomic mass is 16.5. The molecule has 1 aromatic rings. The molecule has 0 aliphatic carbocycles. The van der Waals surface area contributed by atoms with Gasteiger partial charge in [-0.05, 0) is 19.4 Å². The molecule has 17 heavy (non-hydrogen) atoms. The molecule has 1 heterocycles. The number of hydrogen-bond acceptors (Lipinski definition) is 5. The number of aromatic nitrogens is 1. The van der Waals surface area contributed by atoms with Crippen LogP contribution in [0.5, 0.6) is 5.75 Å². The SMILES string of the molecule is COCC(CCO)Nc1cc(C)ncc1OC. The number of rotatable bonds is 7. The van der Waals surface area contributed by atoms with Crippen LogP contribution in [-0.2, 0) is 4.74 Å². The summed E-state index contributed by atoms with van der Waals surface area (Å²) in [6, 6.07) is 1.97. The fourth-order valence-electron chi connectivity index (χ4n) is 1.60. The summed E-state index contributed by atoms with van der Waals surface area (Å²) in [5.41, 5.74) is 1.78. The molecule has 1 rings (SSSR count). The Hall–Kier alpha value is -1.33. The van der Waals surface area contributed by atoms with Gasteiger partial charge >= 0.3 is 0 Å². The lowest BCUT2D eigenvalue weighted by molar-refractivity contribution is 0.170. The summed E-state index contributed by atoms with van der Waals surface area (Å²) in [4.78, 5) is 4.16. The molecular weight excluding hydrogens is 220 g/mol. The van der Waals surface area contributed by atoms with Gasteiger partial charge in [-0.25, -0.2) is 0 Å². The van der Waals surface area contributed by atoms with Crippen molar-refractivity contribution in [2.24, 2.45) is 0 Å². The van der Waals surface area contributed by atoms with Crippen LogP contribution < -0.4 is 10.1 Å². The van der Waals surface area contributed by atoms with Crippen LogP contribution >= 0.6 is 0 Å². The van der Waals surface area contributed by atoms with Gasteiger partial charge in [0, 0.05) is 19.4 Å². The number of aliphatic hydroxyl groups is 1. The molecule has 2 N–H and O–H groups in total. The maximum Gasteiger partial charge on any atom is 0.160 e. The zero-order chi connectivity index (χ0) is 12.7. The molecular formula is C12H20N2O3. The highest BCUT2D eigenvalue weighted by molar-refractivity contribution is 5.56. The molecule has 0 saturated heterocycles. The van der Waals surface area contributed by atoms with E-state index in [4.69, 9.17) is 14.6 Å². The van der Waals surface area contributed by atoms with Gasteiger partial charge in [0.1, 0.15) is 0 Å². The highest BCUT2D eigenvalue weighted by Gasteiger charge is 2.11. The summed E-state index contributed by atoms with van der Waals surface area (Å²) in [6.45, 7) is 2.57. The third-order valence-corrected chi connectivity index (χ3v) is 2.43. The van der Waals surface area contributed by atoms with E-state index in [0.717, 1.165) is 11.4 Å². The first-order valence-corrected chi connectivity index (χ1v) is 5.58. The predicted octanol–water partition coefficient (Wildman–Crippen LogP) is 1.21. The number of aliphatic hydroxyl groups excluding tert-OH is 1. The first-order valence-electron chi connectivity index (χ1n) is 5.58. The average molecular weight is 240 g/mol. The molecule has 0 bridgehead atoms. The van der Waals surface area contributed by atoms with Crippen molar-refractivity contribution < 1.29 is 14.6 Å². The van der Waals surface area contributed by atoms with Crippen LogP contribution in [0.4, 0.5) is 5.69 Å². The van der Waals surface area contributed by atoms with E-state index in [1.54, 1.807) is 20.4 Å². The molecule has 1 unspecified atom stereocenters. The summed E-state index contributed by atoms with van der Waals surface area (Å²) >= 11 is 0. The minimum Gasteiger partial charge on any atom is -0.493 e. The quantitative estimate of drug-likeness (QED) is 0.750. The fourth-order valence-corrected chi connectivity index (χ4v) is 1.60. The number of ether oxygens (including phenoxy) is 2. The maximum atomic E-state index is 8.98. The van der Waals surface area contributed by atoms with Crippen molar-refractivity contribution in [1.29, 1.82) is 0 Å². The van der Waals surface area contributed by atoms with Crippen LogP contribution in [0.1, 0.15) is 12.1 Å². The Kier molecular flexibility index (Phi) is 5.72. The van der Waals surface area contributed by atoms with Gasteiger partial charge in [-0.3, -0.25) is 4.98 Å². The Morgan fingerprint density at radius 1 is 1.47 bits per heavy atom. The van der Waals surface area contributed by atoms with Crippen molar-refractivity contribution in [2.75, 3.05) is 32.8 Å². The fraction of sp³-hybridized carbons (Fsp3) is 0.583. The lowest BCUT2D eigenvalue weighted by atomic mass is 10.2. The second kappa shape index (κ2) is 7.09. The summed E-state index contributed by atoms with van der Waals surface area (Å²) in [6.07, 6.45) is 2.30. The van der Waals surface area contributed by atoms with Crippen LogP contribution in [0.2, 0.25) is 0 Å². The molecule has 1 aromatic heterocycles. The van der Waals surface area contributed by atoms with Crippen molar-refractivity contribution in [3.8, 4) is 5.75 Å². The molecule has 0 spiro atoms.